The van der Waals surface area contributed by atoms with Crippen molar-refractivity contribution in [1.82, 2.24) is 0 Å². The van der Waals surface area contributed by atoms with Crippen LogP contribution in [0.3, 0.4) is 0 Å². The molecule has 0 radical (unpaired) electrons. The second-order valence-corrected chi connectivity index (χ2v) is 11.4. The van der Waals surface area contributed by atoms with Crippen molar-refractivity contribution in [3.63, 3.8) is 0 Å². The summed E-state index contributed by atoms with van der Waals surface area (Å²) >= 11 is 6.29. The van der Waals surface area contributed by atoms with Gasteiger partial charge in [0, 0.05) is 28.3 Å². The number of fused-ring (bicyclic) bond motifs is 1. The van der Waals surface area contributed by atoms with E-state index in [2.05, 4.69) is 5.32 Å². The molecule has 4 rings (SSSR count). The number of allylic oxidation sites excluding steroid dienone is 2. The molecular weight excluding hydrogens is 452 g/mol. The number of hydrogen-bond acceptors (Lipinski definition) is 5. The standard InChI is InChI=1S/C27H29ClN2O4/c1-25(2,3)19-14-27(15-20(23(19)31)26(4,5)6)24(16-7-10-18(11-8-16)30(32)33)34-22-12-9-17(28)13-21(22)29-27/h7-15,24,29H,1-6H3. The highest BCUT2D eigenvalue weighted by Gasteiger charge is 2.49. The van der Waals surface area contributed by atoms with Crippen molar-refractivity contribution < 1.29 is 14.5 Å². The van der Waals surface area contributed by atoms with E-state index in [0.717, 1.165) is 5.56 Å². The number of non-ortho nitro benzene ring substituents is 1. The first kappa shape index (κ1) is 24.0. The summed E-state index contributed by atoms with van der Waals surface area (Å²) in [5.74, 6) is 0.637. The molecule has 0 saturated carbocycles. The van der Waals surface area contributed by atoms with E-state index in [9.17, 15) is 14.9 Å². The molecule has 2 aliphatic rings. The van der Waals surface area contributed by atoms with E-state index in [1.165, 1.54) is 12.1 Å². The van der Waals surface area contributed by atoms with Gasteiger partial charge in [0.1, 0.15) is 11.3 Å². The van der Waals surface area contributed by atoms with Crippen LogP contribution in [0, 0.1) is 20.9 Å². The summed E-state index contributed by atoms with van der Waals surface area (Å²) in [6.45, 7) is 12.1. The van der Waals surface area contributed by atoms with E-state index in [4.69, 9.17) is 16.3 Å². The number of carbonyl (C=O) groups is 1. The van der Waals surface area contributed by atoms with E-state index >= 15 is 0 Å². The van der Waals surface area contributed by atoms with Crippen LogP contribution in [-0.4, -0.2) is 16.2 Å². The summed E-state index contributed by atoms with van der Waals surface area (Å²) in [6, 6.07) is 11.7. The molecule has 178 valence electrons. The van der Waals surface area contributed by atoms with Crippen molar-refractivity contribution in [2.45, 2.75) is 53.2 Å². The summed E-state index contributed by atoms with van der Waals surface area (Å²) in [5.41, 5.74) is 1.12. The number of halogens is 1. The Labute approximate surface area is 204 Å². The lowest BCUT2D eigenvalue weighted by molar-refractivity contribution is -0.384. The molecule has 34 heavy (non-hydrogen) atoms. The molecule has 1 aliphatic carbocycles. The fourth-order valence-electron chi connectivity index (χ4n) is 4.47. The summed E-state index contributed by atoms with van der Waals surface area (Å²) in [5, 5.41) is 15.4. The first-order chi connectivity index (χ1) is 15.7. The van der Waals surface area contributed by atoms with Gasteiger partial charge in [-0.25, -0.2) is 0 Å². The summed E-state index contributed by atoms with van der Waals surface area (Å²) in [7, 11) is 0. The molecule has 6 nitrogen and oxygen atoms in total. The average Bonchev–Trinajstić information content (AvgIpc) is 2.73. The number of nitrogens with one attached hydrogen (secondary N) is 1. The van der Waals surface area contributed by atoms with Gasteiger partial charge in [-0.1, -0.05) is 53.1 Å². The van der Waals surface area contributed by atoms with Crippen molar-refractivity contribution in [3.8, 4) is 5.75 Å². The highest BCUT2D eigenvalue weighted by atomic mass is 35.5. The van der Waals surface area contributed by atoms with Crippen LogP contribution in [0.2, 0.25) is 5.02 Å². The zero-order valence-corrected chi connectivity index (χ0v) is 21.0. The van der Waals surface area contributed by atoms with Gasteiger partial charge in [-0.2, -0.15) is 0 Å². The van der Waals surface area contributed by atoms with Gasteiger partial charge in [-0.15, -0.1) is 0 Å². The molecule has 0 bridgehead atoms. The van der Waals surface area contributed by atoms with Gasteiger partial charge in [-0.3, -0.25) is 14.9 Å². The Hall–Kier alpha value is -3.12. The van der Waals surface area contributed by atoms with Gasteiger partial charge in [0.05, 0.1) is 10.6 Å². The number of Topliss-reactive ketones (excluding diaryl/α,β-unsaturated/α-hetero) is 1. The lowest BCUT2D eigenvalue weighted by atomic mass is 9.67. The smallest absolute Gasteiger partial charge is 0.269 e. The zero-order valence-electron chi connectivity index (χ0n) is 20.2. The van der Waals surface area contributed by atoms with Crippen LogP contribution in [0.4, 0.5) is 11.4 Å². The molecule has 1 atom stereocenters. The van der Waals surface area contributed by atoms with Crippen LogP contribution in [0.5, 0.6) is 5.75 Å². The number of benzene rings is 2. The van der Waals surface area contributed by atoms with Crippen LogP contribution >= 0.6 is 11.6 Å². The number of nitro benzene ring substituents is 1. The van der Waals surface area contributed by atoms with Crippen LogP contribution in [-0.2, 0) is 4.79 Å². The maximum atomic E-state index is 13.6. The van der Waals surface area contributed by atoms with Gasteiger partial charge < -0.3 is 10.1 Å². The Morgan fingerprint density at radius 1 is 0.971 bits per heavy atom. The molecule has 1 heterocycles. The Morgan fingerprint density at radius 2 is 1.53 bits per heavy atom. The Morgan fingerprint density at radius 3 is 2.03 bits per heavy atom. The molecule has 2 aromatic rings. The number of nitro groups is 1. The third-order valence-electron chi connectivity index (χ3n) is 6.25. The lowest BCUT2D eigenvalue weighted by Crippen LogP contribution is -2.50. The van der Waals surface area contributed by atoms with E-state index in [1.807, 2.05) is 53.7 Å². The van der Waals surface area contributed by atoms with Gasteiger partial charge in [-0.05, 0) is 58.9 Å². The van der Waals surface area contributed by atoms with Crippen LogP contribution in [0.25, 0.3) is 0 Å². The van der Waals surface area contributed by atoms with E-state index in [-0.39, 0.29) is 11.5 Å². The Balaban J connectivity index is 1.99. The van der Waals surface area contributed by atoms with Crippen molar-refractivity contribution in [2.24, 2.45) is 10.8 Å². The van der Waals surface area contributed by atoms with Gasteiger partial charge >= 0.3 is 0 Å². The third-order valence-corrected chi connectivity index (χ3v) is 6.48. The number of carbonyl (C=O) groups excluding carboxylic acids is 1. The largest absolute Gasteiger partial charge is 0.480 e. The SMILES string of the molecule is CC(C)(C)C1=CC2(C=C(C(C)(C)C)C1=O)Nc1cc(Cl)ccc1OC2c1ccc([N+](=O)[O-])cc1. The summed E-state index contributed by atoms with van der Waals surface area (Å²) in [4.78, 5) is 24.4. The number of ether oxygens (including phenoxy) is 1. The van der Waals surface area contributed by atoms with E-state index in [0.29, 0.717) is 27.6 Å². The number of ketones is 1. The van der Waals surface area contributed by atoms with E-state index in [1.54, 1.807) is 30.3 Å². The Bertz CT molecular complexity index is 1200. The minimum atomic E-state index is -0.910. The molecule has 1 aliphatic heterocycles. The Kier molecular flexibility index (Phi) is 5.64. The molecule has 7 heteroatoms. The third kappa shape index (κ3) is 4.23. The minimum Gasteiger partial charge on any atom is -0.480 e. The topological polar surface area (TPSA) is 81.5 Å². The first-order valence-electron chi connectivity index (χ1n) is 11.2. The van der Waals surface area contributed by atoms with Crippen molar-refractivity contribution in [1.29, 1.82) is 0 Å². The molecule has 1 unspecified atom stereocenters. The van der Waals surface area contributed by atoms with Gasteiger partial charge in [0.25, 0.3) is 5.69 Å². The predicted octanol–water partition coefficient (Wildman–Crippen LogP) is 7.06. The second-order valence-electron chi connectivity index (χ2n) is 11.0. The maximum absolute atomic E-state index is 13.6. The summed E-state index contributed by atoms with van der Waals surface area (Å²) < 4.78 is 6.53. The van der Waals surface area contributed by atoms with Crippen molar-refractivity contribution in [2.75, 3.05) is 5.32 Å². The fraction of sp³-hybridized carbons (Fsp3) is 0.370. The van der Waals surface area contributed by atoms with Crippen LogP contribution in [0.1, 0.15) is 53.2 Å². The monoisotopic (exact) mass is 480 g/mol. The number of nitrogens with zero attached hydrogens (tertiary/aromatic N) is 1. The number of anilines is 1. The molecule has 0 amide bonds. The molecule has 1 N–H and O–H groups in total. The van der Waals surface area contributed by atoms with Crippen molar-refractivity contribution >= 4 is 28.8 Å². The van der Waals surface area contributed by atoms with E-state index < -0.39 is 27.4 Å². The zero-order chi connectivity index (χ0) is 25.1. The molecular formula is C27H29ClN2O4. The van der Waals surface area contributed by atoms with Crippen molar-refractivity contribution in [3.05, 3.63) is 86.5 Å². The van der Waals surface area contributed by atoms with Crippen LogP contribution in [0.15, 0.2) is 65.8 Å². The predicted molar refractivity (Wildman–Crippen MR) is 134 cm³/mol. The fourth-order valence-corrected chi connectivity index (χ4v) is 4.65. The average molecular weight is 481 g/mol. The normalized spacial score (nSPS) is 19.5. The van der Waals surface area contributed by atoms with Gasteiger partial charge in [0.2, 0.25) is 0 Å². The number of hydrogen-bond donors (Lipinski definition) is 1. The highest BCUT2D eigenvalue weighted by Crippen LogP contribution is 2.50. The van der Waals surface area contributed by atoms with Gasteiger partial charge in [0.15, 0.2) is 11.9 Å². The van der Waals surface area contributed by atoms with Crippen LogP contribution < -0.4 is 10.1 Å². The molecule has 0 aromatic heterocycles. The molecule has 1 spiro atoms. The lowest BCUT2D eigenvalue weighted by Gasteiger charge is -2.47. The number of rotatable bonds is 2. The molecule has 2 aromatic carbocycles. The first-order valence-corrected chi connectivity index (χ1v) is 11.6. The highest BCUT2D eigenvalue weighted by molar-refractivity contribution is 6.31. The molecule has 0 fully saturated rings. The summed E-state index contributed by atoms with van der Waals surface area (Å²) in [6.07, 6.45) is 3.34. The quantitative estimate of drug-likeness (QED) is 0.367. The molecule has 0 saturated heterocycles. The second kappa shape index (κ2) is 7.98. The maximum Gasteiger partial charge on any atom is 0.269 e. The minimum absolute atomic E-state index is 0.00409.